The first kappa shape index (κ1) is 12.8. The Balaban J connectivity index is 1.71. The van der Waals surface area contributed by atoms with Gasteiger partial charge in [-0.1, -0.05) is 29.8 Å². The van der Waals surface area contributed by atoms with Gasteiger partial charge < -0.3 is 19.3 Å². The van der Waals surface area contributed by atoms with Crippen LogP contribution in [0.1, 0.15) is 29.8 Å². The topological polar surface area (TPSA) is 47.9 Å². The molecule has 2 aromatic carbocycles. The zero-order chi connectivity index (χ0) is 14.4. The van der Waals surface area contributed by atoms with Gasteiger partial charge in [0, 0.05) is 12.0 Å². The average Bonchev–Trinajstić information content (AvgIpc) is 2.96. The summed E-state index contributed by atoms with van der Waals surface area (Å²) in [7, 11) is 0. The van der Waals surface area contributed by atoms with Gasteiger partial charge in [0.25, 0.3) is 0 Å². The van der Waals surface area contributed by atoms with E-state index in [1.54, 1.807) is 6.07 Å². The van der Waals surface area contributed by atoms with Crippen LogP contribution in [0.5, 0.6) is 17.2 Å². The van der Waals surface area contributed by atoms with Crippen LogP contribution in [-0.4, -0.2) is 11.9 Å². The van der Waals surface area contributed by atoms with Gasteiger partial charge in [0.1, 0.15) is 11.9 Å². The highest BCUT2D eigenvalue weighted by atomic mass is 35.5. The van der Waals surface area contributed by atoms with Gasteiger partial charge in [0.2, 0.25) is 6.79 Å². The Kier molecular flexibility index (Phi) is 2.94. The van der Waals surface area contributed by atoms with Gasteiger partial charge in [-0.05, 0) is 23.8 Å². The van der Waals surface area contributed by atoms with Crippen molar-refractivity contribution in [3.63, 3.8) is 0 Å². The van der Waals surface area contributed by atoms with E-state index in [9.17, 15) is 5.11 Å². The quantitative estimate of drug-likeness (QED) is 0.874. The number of ether oxygens (including phenoxy) is 3. The Morgan fingerprint density at radius 2 is 1.95 bits per heavy atom. The molecule has 5 heteroatoms. The van der Waals surface area contributed by atoms with Crippen molar-refractivity contribution in [2.24, 2.45) is 0 Å². The van der Waals surface area contributed by atoms with E-state index in [2.05, 4.69) is 0 Å². The largest absolute Gasteiger partial charge is 0.485 e. The summed E-state index contributed by atoms with van der Waals surface area (Å²) in [6.07, 6.45) is -0.335. The van der Waals surface area contributed by atoms with Crippen molar-refractivity contribution in [1.82, 2.24) is 0 Å². The number of hydrogen-bond acceptors (Lipinski definition) is 4. The van der Waals surface area contributed by atoms with Gasteiger partial charge in [-0.2, -0.15) is 0 Å². The fraction of sp³-hybridized carbons (Fsp3) is 0.250. The maximum Gasteiger partial charge on any atom is 0.231 e. The first-order valence-corrected chi connectivity index (χ1v) is 7.13. The van der Waals surface area contributed by atoms with Gasteiger partial charge in [-0.3, -0.25) is 0 Å². The van der Waals surface area contributed by atoms with Gasteiger partial charge in [-0.15, -0.1) is 0 Å². The van der Waals surface area contributed by atoms with Crippen LogP contribution < -0.4 is 14.2 Å². The molecule has 0 saturated carbocycles. The molecule has 108 valence electrons. The molecule has 0 amide bonds. The van der Waals surface area contributed by atoms with Crippen LogP contribution in [0.15, 0.2) is 36.4 Å². The van der Waals surface area contributed by atoms with Crippen molar-refractivity contribution in [3.05, 3.63) is 52.5 Å². The second-order valence-electron chi connectivity index (χ2n) is 5.13. The molecule has 0 radical (unpaired) electrons. The molecule has 0 saturated heterocycles. The third-order valence-corrected chi connectivity index (χ3v) is 4.09. The molecule has 1 N–H and O–H groups in total. The van der Waals surface area contributed by atoms with Crippen molar-refractivity contribution in [2.45, 2.75) is 18.6 Å². The Morgan fingerprint density at radius 3 is 2.86 bits per heavy atom. The molecule has 2 unspecified atom stereocenters. The average molecular weight is 305 g/mol. The molecular formula is C16H13ClO4. The maximum absolute atomic E-state index is 10.3. The van der Waals surface area contributed by atoms with Gasteiger partial charge in [-0.25, -0.2) is 0 Å². The Labute approximate surface area is 126 Å². The van der Waals surface area contributed by atoms with E-state index in [1.807, 2.05) is 30.3 Å². The van der Waals surface area contributed by atoms with Crippen LogP contribution in [0, 0.1) is 0 Å². The highest BCUT2D eigenvalue weighted by molar-refractivity contribution is 6.32. The van der Waals surface area contributed by atoms with Gasteiger partial charge in [0.05, 0.1) is 11.1 Å². The SMILES string of the molecule is OC1CC(c2cc(Cl)c3c(c2)OCO3)Oc2ccccc21. The molecule has 0 spiro atoms. The first-order chi connectivity index (χ1) is 10.2. The molecule has 4 nitrogen and oxygen atoms in total. The van der Waals surface area contributed by atoms with E-state index < -0.39 is 6.10 Å². The van der Waals surface area contributed by atoms with Crippen molar-refractivity contribution in [1.29, 1.82) is 0 Å². The van der Waals surface area contributed by atoms with Crippen LogP contribution in [0.3, 0.4) is 0 Å². The molecule has 2 aliphatic rings. The highest BCUT2D eigenvalue weighted by Crippen LogP contribution is 2.45. The summed E-state index contributed by atoms with van der Waals surface area (Å²) >= 11 is 6.21. The normalized spacial score (nSPS) is 22.6. The van der Waals surface area contributed by atoms with Crippen LogP contribution >= 0.6 is 11.6 Å². The van der Waals surface area contributed by atoms with Crippen LogP contribution in [0.25, 0.3) is 0 Å². The van der Waals surface area contributed by atoms with Crippen molar-refractivity contribution >= 4 is 11.6 Å². The van der Waals surface area contributed by atoms with Gasteiger partial charge in [0.15, 0.2) is 11.5 Å². The lowest BCUT2D eigenvalue weighted by atomic mass is 9.95. The van der Waals surface area contributed by atoms with E-state index in [-0.39, 0.29) is 12.9 Å². The summed E-state index contributed by atoms with van der Waals surface area (Å²) in [6.45, 7) is 0.176. The second kappa shape index (κ2) is 4.83. The Hall–Kier alpha value is -1.91. The number of hydrogen-bond donors (Lipinski definition) is 1. The van der Waals surface area contributed by atoms with E-state index >= 15 is 0 Å². The van der Waals surface area contributed by atoms with Crippen molar-refractivity contribution in [2.75, 3.05) is 6.79 Å². The fourth-order valence-electron chi connectivity index (χ4n) is 2.77. The number of aliphatic hydroxyl groups is 1. The zero-order valence-corrected chi connectivity index (χ0v) is 11.8. The lowest BCUT2D eigenvalue weighted by Gasteiger charge is -2.30. The summed E-state index contributed by atoms with van der Waals surface area (Å²) in [5, 5.41) is 10.8. The third kappa shape index (κ3) is 2.11. The summed E-state index contributed by atoms with van der Waals surface area (Å²) in [5.41, 5.74) is 1.69. The summed E-state index contributed by atoms with van der Waals surface area (Å²) in [5.74, 6) is 1.89. The van der Waals surface area contributed by atoms with Crippen molar-refractivity contribution < 1.29 is 19.3 Å². The molecule has 0 aromatic heterocycles. The molecule has 2 atom stereocenters. The minimum Gasteiger partial charge on any atom is -0.485 e. The van der Waals surface area contributed by atoms with Crippen LogP contribution in [0.4, 0.5) is 0 Å². The number of rotatable bonds is 1. The molecule has 2 heterocycles. The molecule has 21 heavy (non-hydrogen) atoms. The molecular weight excluding hydrogens is 292 g/mol. The summed E-state index contributed by atoms with van der Waals surface area (Å²) in [4.78, 5) is 0. The molecule has 2 aromatic rings. The van der Waals surface area contributed by atoms with E-state index in [1.165, 1.54) is 0 Å². The lowest BCUT2D eigenvalue weighted by molar-refractivity contribution is 0.0656. The standard InChI is InChI=1S/C16H13ClO4/c17-11-5-9(6-15-16(11)20-8-19-15)14-7-12(18)10-3-1-2-4-13(10)21-14/h1-6,12,14,18H,7-8H2. The van der Waals surface area contributed by atoms with Crippen molar-refractivity contribution in [3.8, 4) is 17.2 Å². The molecule has 0 fully saturated rings. The van der Waals surface area contributed by atoms with E-state index in [0.717, 1.165) is 11.1 Å². The highest BCUT2D eigenvalue weighted by Gasteiger charge is 2.30. The third-order valence-electron chi connectivity index (χ3n) is 3.81. The fourth-order valence-corrected chi connectivity index (χ4v) is 3.05. The molecule has 0 aliphatic carbocycles. The zero-order valence-electron chi connectivity index (χ0n) is 11.1. The first-order valence-electron chi connectivity index (χ1n) is 6.75. The summed E-state index contributed by atoms with van der Waals surface area (Å²) < 4.78 is 16.7. The molecule has 2 aliphatic heterocycles. The predicted molar refractivity (Wildman–Crippen MR) is 77.0 cm³/mol. The number of halogens is 1. The number of para-hydroxylation sites is 1. The van der Waals surface area contributed by atoms with Crippen LogP contribution in [0.2, 0.25) is 5.02 Å². The Bertz CT molecular complexity index is 701. The number of fused-ring (bicyclic) bond motifs is 2. The Morgan fingerprint density at radius 1 is 1.10 bits per heavy atom. The smallest absolute Gasteiger partial charge is 0.231 e. The van der Waals surface area contributed by atoms with E-state index in [0.29, 0.717) is 28.7 Å². The minimum atomic E-state index is -0.552. The lowest BCUT2D eigenvalue weighted by Crippen LogP contribution is -2.18. The second-order valence-corrected chi connectivity index (χ2v) is 5.54. The summed E-state index contributed by atoms with van der Waals surface area (Å²) in [6, 6.07) is 11.2. The maximum atomic E-state index is 10.3. The van der Waals surface area contributed by atoms with Gasteiger partial charge >= 0.3 is 0 Å². The predicted octanol–water partition coefficient (Wildman–Crippen LogP) is 3.63. The number of benzene rings is 2. The van der Waals surface area contributed by atoms with E-state index in [4.69, 9.17) is 25.8 Å². The molecule has 4 rings (SSSR count). The monoisotopic (exact) mass is 304 g/mol. The minimum absolute atomic E-state index is 0.176. The van der Waals surface area contributed by atoms with Crippen LogP contribution in [-0.2, 0) is 0 Å². The molecule has 0 bridgehead atoms. The number of aliphatic hydroxyl groups excluding tert-OH is 1.